The van der Waals surface area contributed by atoms with Crippen molar-refractivity contribution in [3.8, 4) is 11.3 Å². The largest absolute Gasteiger partial charge is 0.382 e. The van der Waals surface area contributed by atoms with Crippen molar-refractivity contribution in [2.75, 3.05) is 17.6 Å². The van der Waals surface area contributed by atoms with Crippen molar-refractivity contribution in [1.29, 1.82) is 0 Å². The summed E-state index contributed by atoms with van der Waals surface area (Å²) >= 11 is 0. The SMILES string of the molecule is Cc1nc2ccc(-c3c(F)cn4nc(NCC(C)(C)F)nc(N)c34)nc2n1CC(F)F. The Balaban J connectivity index is 1.82. The second kappa shape index (κ2) is 7.36. The van der Waals surface area contributed by atoms with E-state index in [9.17, 15) is 17.6 Å². The molecule has 8 nitrogen and oxygen atoms in total. The van der Waals surface area contributed by atoms with Crippen LogP contribution < -0.4 is 11.1 Å². The lowest BCUT2D eigenvalue weighted by atomic mass is 10.1. The molecule has 31 heavy (non-hydrogen) atoms. The maximum atomic E-state index is 14.9. The molecule has 0 spiro atoms. The first-order valence-electron chi connectivity index (χ1n) is 9.43. The zero-order valence-corrected chi connectivity index (χ0v) is 17.0. The summed E-state index contributed by atoms with van der Waals surface area (Å²) in [5, 5.41) is 6.85. The van der Waals surface area contributed by atoms with E-state index in [0.29, 0.717) is 11.3 Å². The molecule has 4 aromatic rings. The molecule has 0 amide bonds. The van der Waals surface area contributed by atoms with E-state index in [2.05, 4.69) is 25.4 Å². The maximum absolute atomic E-state index is 14.9. The second-order valence-electron chi connectivity index (χ2n) is 7.74. The number of imidazole rings is 1. The van der Waals surface area contributed by atoms with Gasteiger partial charge in [0, 0.05) is 0 Å². The number of nitrogens with one attached hydrogen (secondary N) is 1. The molecule has 3 N–H and O–H groups in total. The van der Waals surface area contributed by atoms with Gasteiger partial charge >= 0.3 is 0 Å². The fourth-order valence-electron chi connectivity index (χ4n) is 3.30. The Morgan fingerprint density at radius 3 is 2.61 bits per heavy atom. The van der Waals surface area contributed by atoms with Crippen LogP contribution in [-0.2, 0) is 6.54 Å². The standard InChI is InChI=1S/C19H20F4N8/c1-9-26-12-5-4-11(27-17(12)30(9)7-13(21)22)14-10(20)6-31-15(14)16(24)28-18(29-31)25-8-19(2,3)23/h4-6,13H,7-8H2,1-3H3,(H3,24,25,28,29). The third-order valence-corrected chi connectivity index (χ3v) is 4.64. The van der Waals surface area contributed by atoms with Crippen LogP contribution in [0.2, 0.25) is 0 Å². The molecule has 4 aromatic heterocycles. The molecule has 0 saturated carbocycles. The highest BCUT2D eigenvalue weighted by Gasteiger charge is 2.22. The molecule has 4 rings (SSSR count). The number of anilines is 2. The number of hydrogen-bond donors (Lipinski definition) is 2. The summed E-state index contributed by atoms with van der Waals surface area (Å²) in [5.41, 5.74) is 5.50. The predicted octanol–water partition coefficient (Wildman–Crippen LogP) is 3.60. The van der Waals surface area contributed by atoms with E-state index < -0.39 is 24.5 Å². The molecule has 0 aliphatic heterocycles. The fraction of sp³-hybridized carbons (Fsp3) is 0.368. The monoisotopic (exact) mass is 436 g/mol. The smallest absolute Gasteiger partial charge is 0.256 e. The van der Waals surface area contributed by atoms with E-state index in [4.69, 9.17) is 5.73 Å². The van der Waals surface area contributed by atoms with Gasteiger partial charge in [0.1, 0.15) is 22.5 Å². The molecular formula is C19H20F4N8. The van der Waals surface area contributed by atoms with Crippen molar-refractivity contribution in [3.05, 3.63) is 30.0 Å². The number of hydrogen-bond acceptors (Lipinski definition) is 6. The third kappa shape index (κ3) is 3.97. The van der Waals surface area contributed by atoms with E-state index in [1.165, 1.54) is 29.0 Å². The Morgan fingerprint density at radius 1 is 1.19 bits per heavy atom. The molecule has 0 atom stereocenters. The fourth-order valence-corrected chi connectivity index (χ4v) is 3.30. The summed E-state index contributed by atoms with van der Waals surface area (Å²) in [6.07, 6.45) is -1.50. The van der Waals surface area contributed by atoms with Gasteiger partial charge in [-0.3, -0.25) is 0 Å². The molecule has 12 heteroatoms. The number of nitrogens with two attached hydrogens (primary N) is 1. The highest BCUT2D eigenvalue weighted by atomic mass is 19.3. The third-order valence-electron chi connectivity index (χ3n) is 4.64. The number of alkyl halides is 3. The van der Waals surface area contributed by atoms with Gasteiger partial charge in [0.25, 0.3) is 6.43 Å². The van der Waals surface area contributed by atoms with Gasteiger partial charge in [0.05, 0.1) is 30.5 Å². The number of halogens is 4. The average Bonchev–Trinajstić information content (AvgIpc) is 3.15. The summed E-state index contributed by atoms with van der Waals surface area (Å²) < 4.78 is 57.0. The van der Waals surface area contributed by atoms with Crippen LogP contribution >= 0.6 is 0 Å². The Labute approximate surface area is 174 Å². The minimum atomic E-state index is -2.60. The van der Waals surface area contributed by atoms with Gasteiger partial charge in [0.15, 0.2) is 17.3 Å². The van der Waals surface area contributed by atoms with Crippen molar-refractivity contribution < 1.29 is 17.6 Å². The van der Waals surface area contributed by atoms with Gasteiger partial charge in [0.2, 0.25) is 5.95 Å². The van der Waals surface area contributed by atoms with Gasteiger partial charge < -0.3 is 15.6 Å². The van der Waals surface area contributed by atoms with Crippen LogP contribution in [-0.4, -0.2) is 47.8 Å². The van der Waals surface area contributed by atoms with Crippen LogP contribution in [0.15, 0.2) is 18.3 Å². The quantitative estimate of drug-likeness (QED) is 0.448. The number of aromatic nitrogens is 6. The number of aryl methyl sites for hydroxylation is 1. The zero-order chi connectivity index (χ0) is 22.5. The zero-order valence-electron chi connectivity index (χ0n) is 17.0. The van der Waals surface area contributed by atoms with E-state index >= 15 is 0 Å². The van der Waals surface area contributed by atoms with Crippen LogP contribution in [0, 0.1) is 12.7 Å². The molecule has 164 valence electrons. The van der Waals surface area contributed by atoms with E-state index in [1.54, 1.807) is 13.0 Å². The Morgan fingerprint density at radius 2 is 1.94 bits per heavy atom. The molecule has 0 aliphatic rings. The van der Waals surface area contributed by atoms with Crippen LogP contribution in [0.5, 0.6) is 0 Å². The van der Waals surface area contributed by atoms with Gasteiger partial charge in [-0.25, -0.2) is 32.0 Å². The average molecular weight is 436 g/mol. The summed E-state index contributed by atoms with van der Waals surface area (Å²) in [7, 11) is 0. The van der Waals surface area contributed by atoms with E-state index in [1.807, 2.05) is 0 Å². The molecule has 0 aromatic carbocycles. The topological polar surface area (TPSA) is 98.9 Å². The molecule has 4 heterocycles. The van der Waals surface area contributed by atoms with E-state index in [0.717, 1.165) is 6.20 Å². The molecule has 0 unspecified atom stereocenters. The maximum Gasteiger partial charge on any atom is 0.256 e. The minimum absolute atomic E-state index is 0.0271. The first kappa shape index (κ1) is 20.8. The molecule has 0 bridgehead atoms. The number of rotatable bonds is 6. The predicted molar refractivity (Wildman–Crippen MR) is 108 cm³/mol. The van der Waals surface area contributed by atoms with Crippen molar-refractivity contribution in [2.45, 2.75) is 39.4 Å². The van der Waals surface area contributed by atoms with Gasteiger partial charge in [-0.15, -0.1) is 5.10 Å². The Kier molecular flexibility index (Phi) is 4.94. The van der Waals surface area contributed by atoms with Gasteiger partial charge in [-0.2, -0.15) is 4.98 Å². The molecule has 0 radical (unpaired) electrons. The number of nitrogens with zero attached hydrogens (tertiary/aromatic N) is 6. The van der Waals surface area contributed by atoms with Gasteiger partial charge in [-0.05, 0) is 32.9 Å². The van der Waals surface area contributed by atoms with Crippen molar-refractivity contribution >= 4 is 28.4 Å². The lowest BCUT2D eigenvalue weighted by molar-refractivity contribution is 0.127. The molecular weight excluding hydrogens is 416 g/mol. The number of fused-ring (bicyclic) bond motifs is 2. The van der Waals surface area contributed by atoms with Crippen molar-refractivity contribution in [3.63, 3.8) is 0 Å². The Bertz CT molecular complexity index is 1270. The Hall–Kier alpha value is -3.44. The summed E-state index contributed by atoms with van der Waals surface area (Å²) in [5.74, 6) is -0.317. The number of pyridine rings is 1. The summed E-state index contributed by atoms with van der Waals surface area (Å²) in [4.78, 5) is 12.7. The summed E-state index contributed by atoms with van der Waals surface area (Å²) in [6.45, 7) is 3.72. The minimum Gasteiger partial charge on any atom is -0.382 e. The van der Waals surface area contributed by atoms with Crippen molar-refractivity contribution in [1.82, 2.24) is 29.1 Å². The molecule has 0 aliphatic carbocycles. The van der Waals surface area contributed by atoms with Crippen LogP contribution in [0.3, 0.4) is 0 Å². The lowest BCUT2D eigenvalue weighted by Gasteiger charge is -2.15. The van der Waals surface area contributed by atoms with Gasteiger partial charge in [-0.1, -0.05) is 0 Å². The van der Waals surface area contributed by atoms with E-state index in [-0.39, 0.29) is 40.7 Å². The van der Waals surface area contributed by atoms with Crippen molar-refractivity contribution in [2.24, 2.45) is 0 Å². The first-order chi connectivity index (χ1) is 14.5. The first-order valence-corrected chi connectivity index (χ1v) is 9.43. The number of nitrogen functional groups attached to an aromatic ring is 1. The second-order valence-corrected chi connectivity index (χ2v) is 7.74. The van der Waals surface area contributed by atoms with Crippen LogP contribution in [0.25, 0.3) is 27.9 Å². The summed E-state index contributed by atoms with van der Waals surface area (Å²) in [6, 6.07) is 3.10. The molecule has 0 saturated heterocycles. The highest BCUT2D eigenvalue weighted by Crippen LogP contribution is 2.32. The van der Waals surface area contributed by atoms with Crippen LogP contribution in [0.1, 0.15) is 19.7 Å². The molecule has 0 fully saturated rings. The lowest BCUT2D eigenvalue weighted by Crippen LogP contribution is -2.25. The van der Waals surface area contributed by atoms with Crippen LogP contribution in [0.4, 0.5) is 29.3 Å². The normalized spacial score (nSPS) is 12.4. The highest BCUT2D eigenvalue weighted by molar-refractivity contribution is 5.89.